The van der Waals surface area contributed by atoms with Crippen LogP contribution >= 0.6 is 0 Å². The van der Waals surface area contributed by atoms with Gasteiger partial charge in [-0.05, 0) is 22.9 Å². The highest BCUT2D eigenvalue weighted by molar-refractivity contribution is 6.05. The molecule has 1 rings (SSSR count). The second kappa shape index (κ2) is 3.61. The summed E-state index contributed by atoms with van der Waals surface area (Å²) in [6.45, 7) is 0. The van der Waals surface area contributed by atoms with Gasteiger partial charge in [0.05, 0.1) is 11.9 Å². The highest BCUT2D eigenvalue weighted by Crippen LogP contribution is 2.06. The maximum atomic E-state index is 9.80. The number of allylic oxidation sites excluding steroid dienone is 5. The predicted octanol–water partition coefficient (Wildman–Crippen LogP) is 1.83. The van der Waals surface area contributed by atoms with Crippen LogP contribution in [-0.2, 0) is 0 Å². The molecule has 56 valence electrons. The van der Waals surface area contributed by atoms with Crippen LogP contribution in [0.25, 0.3) is 0 Å². The Kier molecular flexibility index (Phi) is 2.49. The number of hydrogen-bond acceptors (Lipinski definition) is 3. The Morgan fingerprint density at radius 2 is 1.91 bits per heavy atom. The molecular weight excluding hydrogens is 140 g/mol. The van der Waals surface area contributed by atoms with E-state index in [1.807, 2.05) is 12.2 Å². The van der Waals surface area contributed by atoms with Crippen molar-refractivity contribution in [1.29, 1.82) is 0 Å². The van der Waals surface area contributed by atoms with Gasteiger partial charge in [0.2, 0.25) is 0 Å². The van der Waals surface area contributed by atoms with Gasteiger partial charge in [-0.2, -0.15) is 0 Å². The summed E-state index contributed by atoms with van der Waals surface area (Å²) in [4.78, 5) is 13.7. The summed E-state index contributed by atoms with van der Waals surface area (Å²) < 4.78 is 0. The number of nitroso groups, excluding NO2 is 1. The van der Waals surface area contributed by atoms with E-state index < -0.39 is 0 Å². The summed E-state index contributed by atoms with van der Waals surface area (Å²) in [6, 6.07) is 0. The fourth-order valence-corrected chi connectivity index (χ4v) is 0.770. The molecule has 0 saturated carbocycles. The Bertz CT molecular complexity index is 254. The molecule has 0 saturated heterocycles. The molecule has 0 aromatic carbocycles. The summed E-state index contributed by atoms with van der Waals surface area (Å²) in [5.74, 6) is 0. The van der Waals surface area contributed by atoms with Crippen LogP contribution in [0.1, 0.15) is 0 Å². The minimum absolute atomic E-state index is 0.799. The molecule has 3 nitrogen and oxygen atoms in total. The van der Waals surface area contributed by atoms with Crippen LogP contribution in [0.3, 0.4) is 0 Å². The summed E-state index contributed by atoms with van der Waals surface area (Å²) in [5.41, 5.74) is 1.69. The molecule has 0 radical (unpaired) electrons. The van der Waals surface area contributed by atoms with Gasteiger partial charge < -0.3 is 0 Å². The fourth-order valence-electron chi connectivity index (χ4n) is 0.770. The average Bonchev–Trinajstić information content (AvgIpc) is 2.07. The molecule has 0 bridgehead atoms. The SMILES string of the molecule is CN=C1C=CC(=CN=O)C=C1. The van der Waals surface area contributed by atoms with Crippen LogP contribution in [-0.4, -0.2) is 12.8 Å². The van der Waals surface area contributed by atoms with Crippen molar-refractivity contribution in [2.24, 2.45) is 10.2 Å². The highest BCUT2D eigenvalue weighted by Gasteiger charge is 1.94. The van der Waals surface area contributed by atoms with E-state index >= 15 is 0 Å². The predicted molar refractivity (Wildman–Crippen MR) is 45.5 cm³/mol. The maximum Gasteiger partial charge on any atom is 0.0787 e. The largest absolute Gasteiger partial charge is 0.289 e. The maximum absolute atomic E-state index is 9.80. The molecule has 0 fully saturated rings. The van der Waals surface area contributed by atoms with Gasteiger partial charge in [-0.15, -0.1) is 4.91 Å². The number of hydrogen-bond donors (Lipinski definition) is 0. The van der Waals surface area contributed by atoms with E-state index in [-0.39, 0.29) is 0 Å². The lowest BCUT2D eigenvalue weighted by Gasteiger charge is -1.98. The number of aliphatic imine (C=N–C) groups is 1. The van der Waals surface area contributed by atoms with Gasteiger partial charge in [-0.25, -0.2) is 0 Å². The first-order valence-corrected chi connectivity index (χ1v) is 3.22. The van der Waals surface area contributed by atoms with Crippen molar-refractivity contribution in [3.05, 3.63) is 41.0 Å². The normalized spacial score (nSPS) is 15.0. The van der Waals surface area contributed by atoms with Crippen LogP contribution in [0.2, 0.25) is 0 Å². The molecule has 0 N–H and O–H groups in total. The zero-order valence-corrected chi connectivity index (χ0v) is 6.19. The second-order valence-electron chi connectivity index (χ2n) is 2.05. The molecule has 1 aliphatic rings. The van der Waals surface area contributed by atoms with E-state index in [1.54, 1.807) is 19.2 Å². The van der Waals surface area contributed by atoms with Gasteiger partial charge in [0.15, 0.2) is 0 Å². The molecular formula is C8H8N2O. The van der Waals surface area contributed by atoms with Crippen molar-refractivity contribution in [2.75, 3.05) is 7.05 Å². The van der Waals surface area contributed by atoms with E-state index in [0.29, 0.717) is 0 Å². The fraction of sp³-hybridized carbons (Fsp3) is 0.125. The topological polar surface area (TPSA) is 41.8 Å². The molecule has 1 aliphatic carbocycles. The first-order chi connectivity index (χ1) is 5.36. The first-order valence-electron chi connectivity index (χ1n) is 3.22. The second-order valence-corrected chi connectivity index (χ2v) is 2.05. The Labute approximate surface area is 64.8 Å². The Balaban J connectivity index is 2.80. The van der Waals surface area contributed by atoms with Crippen molar-refractivity contribution in [2.45, 2.75) is 0 Å². The quantitative estimate of drug-likeness (QED) is 0.523. The molecule has 3 heteroatoms. The van der Waals surface area contributed by atoms with Crippen molar-refractivity contribution >= 4 is 5.71 Å². The molecule has 0 aliphatic heterocycles. The van der Waals surface area contributed by atoms with Crippen LogP contribution < -0.4 is 0 Å². The standard InChI is InChI=1S/C8H8N2O/c1-9-8-4-2-7(3-5-8)6-10-11/h2-6H,1H3. The van der Waals surface area contributed by atoms with Crippen LogP contribution in [0.15, 0.2) is 46.2 Å². The van der Waals surface area contributed by atoms with Crippen molar-refractivity contribution < 1.29 is 0 Å². The van der Waals surface area contributed by atoms with Crippen molar-refractivity contribution in [3.63, 3.8) is 0 Å². The molecule has 0 heterocycles. The van der Waals surface area contributed by atoms with E-state index in [1.165, 1.54) is 6.20 Å². The van der Waals surface area contributed by atoms with Gasteiger partial charge in [0.1, 0.15) is 0 Å². The molecule has 0 unspecified atom stereocenters. The summed E-state index contributed by atoms with van der Waals surface area (Å²) in [7, 11) is 1.72. The Morgan fingerprint density at radius 3 is 2.36 bits per heavy atom. The van der Waals surface area contributed by atoms with E-state index in [0.717, 1.165) is 11.3 Å². The summed E-state index contributed by atoms with van der Waals surface area (Å²) in [5, 5.41) is 2.66. The Morgan fingerprint density at radius 1 is 1.27 bits per heavy atom. The monoisotopic (exact) mass is 148 g/mol. The molecule has 11 heavy (non-hydrogen) atoms. The zero-order valence-electron chi connectivity index (χ0n) is 6.19. The molecule has 0 aromatic heterocycles. The van der Waals surface area contributed by atoms with Crippen molar-refractivity contribution in [1.82, 2.24) is 0 Å². The lowest BCUT2D eigenvalue weighted by atomic mass is 10.1. The minimum atomic E-state index is 0.799. The van der Waals surface area contributed by atoms with E-state index in [4.69, 9.17) is 0 Å². The van der Waals surface area contributed by atoms with Gasteiger partial charge in [-0.3, -0.25) is 4.99 Å². The Hall–Kier alpha value is -1.51. The van der Waals surface area contributed by atoms with Gasteiger partial charge in [0, 0.05) is 7.05 Å². The number of rotatable bonds is 1. The van der Waals surface area contributed by atoms with Crippen LogP contribution in [0.5, 0.6) is 0 Å². The molecule has 0 amide bonds. The third kappa shape index (κ3) is 1.97. The van der Waals surface area contributed by atoms with Gasteiger partial charge in [0.25, 0.3) is 0 Å². The smallest absolute Gasteiger partial charge is 0.0787 e. The highest BCUT2D eigenvalue weighted by atomic mass is 16.2. The van der Waals surface area contributed by atoms with Gasteiger partial charge >= 0.3 is 0 Å². The van der Waals surface area contributed by atoms with Gasteiger partial charge in [-0.1, -0.05) is 12.2 Å². The minimum Gasteiger partial charge on any atom is -0.289 e. The number of nitrogens with zero attached hydrogens (tertiary/aromatic N) is 2. The van der Waals surface area contributed by atoms with E-state index in [2.05, 4.69) is 10.2 Å². The van der Waals surface area contributed by atoms with Crippen molar-refractivity contribution in [3.8, 4) is 0 Å². The van der Waals surface area contributed by atoms with Crippen LogP contribution in [0, 0.1) is 4.91 Å². The molecule has 0 atom stereocenters. The third-order valence-corrected chi connectivity index (χ3v) is 1.35. The lowest BCUT2D eigenvalue weighted by molar-refractivity contribution is 1.43. The average molecular weight is 148 g/mol. The zero-order chi connectivity index (χ0) is 8.10. The molecule has 0 aromatic rings. The third-order valence-electron chi connectivity index (χ3n) is 1.35. The van der Waals surface area contributed by atoms with E-state index in [9.17, 15) is 4.91 Å². The summed E-state index contributed by atoms with van der Waals surface area (Å²) in [6.07, 6.45) is 8.51. The summed E-state index contributed by atoms with van der Waals surface area (Å²) >= 11 is 0. The first kappa shape index (κ1) is 7.60. The van der Waals surface area contributed by atoms with Crippen LogP contribution in [0.4, 0.5) is 0 Å². The molecule has 0 spiro atoms. The lowest BCUT2D eigenvalue weighted by Crippen LogP contribution is -1.91.